The number of carbonyl (C=O) groups excluding carboxylic acids is 1. The third kappa shape index (κ3) is 4.18. The van der Waals surface area contributed by atoms with Crippen molar-refractivity contribution in [2.75, 3.05) is 39.4 Å². The van der Waals surface area contributed by atoms with Crippen molar-refractivity contribution >= 4 is 5.78 Å². The molecular formula is C18H24N2O2. The molecule has 0 aromatic heterocycles. The van der Waals surface area contributed by atoms with Crippen LogP contribution in [0, 0.1) is 0 Å². The van der Waals surface area contributed by atoms with Crippen LogP contribution in [0.2, 0.25) is 0 Å². The minimum absolute atomic E-state index is 0.231. The van der Waals surface area contributed by atoms with Crippen molar-refractivity contribution in [3.8, 4) is 0 Å². The van der Waals surface area contributed by atoms with Gasteiger partial charge < -0.3 is 10.1 Å². The minimum Gasteiger partial charge on any atom is -0.387 e. The van der Waals surface area contributed by atoms with Crippen LogP contribution >= 0.6 is 0 Å². The SMILES string of the molecule is O=C1C=C(NCCN2CCOCC2)C[C@H](c2ccccc2)C1. The molecule has 0 saturated carbocycles. The van der Waals surface area contributed by atoms with E-state index in [1.807, 2.05) is 18.2 Å². The zero-order chi connectivity index (χ0) is 15.2. The summed E-state index contributed by atoms with van der Waals surface area (Å²) in [5.74, 6) is 0.540. The Morgan fingerprint density at radius 3 is 2.68 bits per heavy atom. The molecule has 1 aliphatic carbocycles. The van der Waals surface area contributed by atoms with Gasteiger partial charge in [-0.05, 0) is 17.9 Å². The first-order valence-corrected chi connectivity index (χ1v) is 8.13. The molecule has 4 nitrogen and oxygen atoms in total. The second kappa shape index (κ2) is 7.56. The molecule has 1 aromatic rings. The average molecular weight is 300 g/mol. The van der Waals surface area contributed by atoms with Crippen molar-refractivity contribution in [1.29, 1.82) is 0 Å². The van der Waals surface area contributed by atoms with Crippen LogP contribution < -0.4 is 5.32 Å². The molecule has 0 amide bonds. The summed E-state index contributed by atoms with van der Waals surface area (Å²) in [4.78, 5) is 14.4. The average Bonchev–Trinajstić information content (AvgIpc) is 2.56. The van der Waals surface area contributed by atoms with Gasteiger partial charge in [-0.3, -0.25) is 9.69 Å². The van der Waals surface area contributed by atoms with Gasteiger partial charge in [0.2, 0.25) is 0 Å². The van der Waals surface area contributed by atoms with Crippen molar-refractivity contribution in [3.63, 3.8) is 0 Å². The Morgan fingerprint density at radius 1 is 1.14 bits per heavy atom. The topological polar surface area (TPSA) is 41.6 Å². The first-order valence-electron chi connectivity index (χ1n) is 8.13. The van der Waals surface area contributed by atoms with E-state index in [1.165, 1.54) is 5.56 Å². The van der Waals surface area contributed by atoms with Gasteiger partial charge in [-0.1, -0.05) is 30.3 Å². The van der Waals surface area contributed by atoms with Crippen LogP contribution in [-0.4, -0.2) is 50.1 Å². The Bertz CT molecular complexity index is 521. The van der Waals surface area contributed by atoms with Crippen LogP contribution in [0.3, 0.4) is 0 Å². The summed E-state index contributed by atoms with van der Waals surface area (Å²) >= 11 is 0. The number of ketones is 1. The molecule has 4 heteroatoms. The Hall–Kier alpha value is -1.65. The summed E-state index contributed by atoms with van der Waals surface area (Å²) in [7, 11) is 0. The number of nitrogens with zero attached hydrogens (tertiary/aromatic N) is 1. The van der Waals surface area contributed by atoms with Crippen LogP contribution in [0.15, 0.2) is 42.1 Å². The fourth-order valence-electron chi connectivity index (χ4n) is 3.18. The van der Waals surface area contributed by atoms with Crippen LogP contribution in [0.25, 0.3) is 0 Å². The number of carbonyl (C=O) groups is 1. The molecule has 22 heavy (non-hydrogen) atoms. The quantitative estimate of drug-likeness (QED) is 0.902. The normalized spacial score (nSPS) is 23.2. The number of benzene rings is 1. The largest absolute Gasteiger partial charge is 0.387 e. The van der Waals surface area contributed by atoms with Gasteiger partial charge in [0, 0.05) is 44.4 Å². The highest BCUT2D eigenvalue weighted by molar-refractivity contribution is 5.91. The van der Waals surface area contributed by atoms with Gasteiger partial charge in [0.1, 0.15) is 0 Å². The van der Waals surface area contributed by atoms with E-state index in [2.05, 4.69) is 22.3 Å². The lowest BCUT2D eigenvalue weighted by atomic mass is 9.85. The third-order valence-electron chi connectivity index (χ3n) is 4.40. The second-order valence-electron chi connectivity index (χ2n) is 6.03. The van der Waals surface area contributed by atoms with E-state index in [4.69, 9.17) is 4.74 Å². The Balaban J connectivity index is 1.51. The molecule has 0 unspecified atom stereocenters. The van der Waals surface area contributed by atoms with Crippen LogP contribution in [-0.2, 0) is 9.53 Å². The molecular weight excluding hydrogens is 276 g/mol. The lowest BCUT2D eigenvalue weighted by Crippen LogP contribution is -2.40. The molecule has 0 spiro atoms. The van der Waals surface area contributed by atoms with E-state index < -0.39 is 0 Å². The highest BCUT2D eigenvalue weighted by Crippen LogP contribution is 2.30. The number of morpholine rings is 1. The van der Waals surface area contributed by atoms with Gasteiger partial charge in [-0.2, -0.15) is 0 Å². The fraction of sp³-hybridized carbons (Fsp3) is 0.500. The summed E-state index contributed by atoms with van der Waals surface area (Å²) in [5.41, 5.74) is 2.34. The van der Waals surface area contributed by atoms with E-state index in [9.17, 15) is 4.79 Å². The van der Waals surface area contributed by atoms with Gasteiger partial charge in [-0.25, -0.2) is 0 Å². The van der Waals surface area contributed by atoms with Gasteiger partial charge in [0.25, 0.3) is 0 Å². The first kappa shape index (κ1) is 15.3. The monoisotopic (exact) mass is 300 g/mol. The summed E-state index contributed by atoms with van der Waals surface area (Å²) in [5, 5.41) is 3.46. The van der Waals surface area contributed by atoms with E-state index in [1.54, 1.807) is 6.08 Å². The maximum atomic E-state index is 12.0. The molecule has 1 fully saturated rings. The lowest BCUT2D eigenvalue weighted by Gasteiger charge is -2.28. The number of hydrogen-bond donors (Lipinski definition) is 1. The van der Waals surface area contributed by atoms with Gasteiger partial charge in [-0.15, -0.1) is 0 Å². The molecule has 1 heterocycles. The standard InChI is InChI=1S/C18H24N2O2/c21-18-13-16(15-4-2-1-3-5-15)12-17(14-18)19-6-7-20-8-10-22-11-9-20/h1-5,14,16,19H,6-13H2/t16-/m0/s1. The van der Waals surface area contributed by atoms with Crippen molar-refractivity contribution in [2.45, 2.75) is 18.8 Å². The van der Waals surface area contributed by atoms with Crippen molar-refractivity contribution in [3.05, 3.63) is 47.7 Å². The molecule has 1 saturated heterocycles. The van der Waals surface area contributed by atoms with Crippen molar-refractivity contribution < 1.29 is 9.53 Å². The van der Waals surface area contributed by atoms with E-state index in [0.29, 0.717) is 12.3 Å². The maximum Gasteiger partial charge on any atom is 0.158 e. The molecule has 2 aliphatic rings. The van der Waals surface area contributed by atoms with E-state index in [0.717, 1.165) is 51.5 Å². The maximum absolute atomic E-state index is 12.0. The van der Waals surface area contributed by atoms with Crippen molar-refractivity contribution in [1.82, 2.24) is 10.2 Å². The second-order valence-corrected chi connectivity index (χ2v) is 6.03. The Morgan fingerprint density at radius 2 is 1.91 bits per heavy atom. The van der Waals surface area contributed by atoms with Crippen LogP contribution in [0.4, 0.5) is 0 Å². The molecule has 118 valence electrons. The molecule has 1 aromatic carbocycles. The Labute approximate surface area is 132 Å². The molecule has 1 atom stereocenters. The highest BCUT2D eigenvalue weighted by Gasteiger charge is 2.22. The lowest BCUT2D eigenvalue weighted by molar-refractivity contribution is -0.115. The van der Waals surface area contributed by atoms with Crippen molar-refractivity contribution in [2.24, 2.45) is 0 Å². The Kier molecular flexibility index (Phi) is 5.24. The predicted octanol–water partition coefficient (Wildman–Crippen LogP) is 1.94. The first-order chi connectivity index (χ1) is 10.8. The van der Waals surface area contributed by atoms with E-state index in [-0.39, 0.29) is 5.78 Å². The van der Waals surface area contributed by atoms with Gasteiger partial charge in [0.15, 0.2) is 5.78 Å². The zero-order valence-electron chi connectivity index (χ0n) is 13.0. The number of hydrogen-bond acceptors (Lipinski definition) is 4. The highest BCUT2D eigenvalue weighted by atomic mass is 16.5. The van der Waals surface area contributed by atoms with Crippen LogP contribution in [0.1, 0.15) is 24.3 Å². The molecule has 1 aliphatic heterocycles. The number of nitrogens with one attached hydrogen (secondary N) is 1. The van der Waals surface area contributed by atoms with Gasteiger partial charge in [0.05, 0.1) is 13.2 Å². The number of rotatable bonds is 5. The van der Waals surface area contributed by atoms with Crippen LogP contribution in [0.5, 0.6) is 0 Å². The molecule has 1 N–H and O–H groups in total. The summed E-state index contributed by atoms with van der Waals surface area (Å²) in [6, 6.07) is 10.3. The summed E-state index contributed by atoms with van der Waals surface area (Å²) in [6.07, 6.45) is 3.34. The molecule has 0 radical (unpaired) electrons. The smallest absolute Gasteiger partial charge is 0.158 e. The molecule has 3 rings (SSSR count). The van der Waals surface area contributed by atoms with Gasteiger partial charge >= 0.3 is 0 Å². The van der Waals surface area contributed by atoms with E-state index >= 15 is 0 Å². The summed E-state index contributed by atoms with van der Waals surface area (Å²) < 4.78 is 5.36. The third-order valence-corrected chi connectivity index (χ3v) is 4.40. The fourth-order valence-corrected chi connectivity index (χ4v) is 3.18. The molecule has 0 bridgehead atoms. The number of ether oxygens (including phenoxy) is 1. The minimum atomic E-state index is 0.231. The summed E-state index contributed by atoms with van der Waals surface area (Å²) in [6.45, 7) is 5.57. The number of allylic oxidation sites excluding steroid dienone is 2. The predicted molar refractivity (Wildman–Crippen MR) is 86.8 cm³/mol. The zero-order valence-corrected chi connectivity index (χ0v) is 13.0.